The molecule has 0 bridgehead atoms. The molecule has 2 unspecified atom stereocenters. The van der Waals surface area contributed by atoms with Crippen molar-refractivity contribution in [2.75, 3.05) is 27.4 Å². The summed E-state index contributed by atoms with van der Waals surface area (Å²) in [6.45, 7) is 7.35. The molecular weight excluding hydrogens is 288 g/mol. The lowest BCUT2D eigenvalue weighted by molar-refractivity contribution is -0.0833. The zero-order chi connectivity index (χ0) is 15.8. The van der Waals surface area contributed by atoms with E-state index in [-0.39, 0.29) is 6.10 Å². The van der Waals surface area contributed by atoms with Crippen LogP contribution in [0.4, 0.5) is 0 Å². The van der Waals surface area contributed by atoms with E-state index < -0.39 is 14.6 Å². The van der Waals surface area contributed by atoms with Gasteiger partial charge in [0, 0.05) is 26.9 Å². The Kier molecular flexibility index (Phi) is 8.37. The zero-order valence-corrected chi connectivity index (χ0v) is 15.3. The molecule has 1 rings (SSSR count). The molecule has 5 nitrogen and oxygen atoms in total. The topological polar surface area (TPSA) is 49.5 Å². The number of ether oxygens (including phenoxy) is 2. The maximum Gasteiger partial charge on any atom is 0.500 e. The van der Waals surface area contributed by atoms with E-state index in [9.17, 15) is 0 Å². The number of hydrogen-bond donors (Lipinski definition) is 0. The summed E-state index contributed by atoms with van der Waals surface area (Å²) in [5.41, 5.74) is 0. The van der Waals surface area contributed by atoms with Crippen molar-refractivity contribution in [2.45, 2.75) is 70.8 Å². The number of epoxide rings is 1. The van der Waals surface area contributed by atoms with Crippen LogP contribution in [0.2, 0.25) is 6.04 Å². The van der Waals surface area contributed by atoms with E-state index in [0.717, 1.165) is 18.9 Å². The number of rotatable bonds is 13. The lowest BCUT2D eigenvalue weighted by Crippen LogP contribution is -2.46. The third kappa shape index (κ3) is 5.62. The second kappa shape index (κ2) is 9.22. The molecule has 0 radical (unpaired) electrons. The first-order chi connectivity index (χ1) is 10.1. The van der Waals surface area contributed by atoms with Gasteiger partial charge in [-0.05, 0) is 19.8 Å². The molecular formula is C15H32O5Si. The highest BCUT2D eigenvalue weighted by Crippen LogP contribution is 2.39. The SMILES string of the molecule is CCCCCC[Si](OC)(OC)OCC1(OCCC)OC1C. The molecule has 0 amide bonds. The molecule has 0 saturated carbocycles. The molecule has 1 fully saturated rings. The van der Waals surface area contributed by atoms with Crippen molar-refractivity contribution >= 4 is 8.80 Å². The smallest absolute Gasteiger partial charge is 0.377 e. The first-order valence-corrected chi connectivity index (χ1v) is 10.1. The Morgan fingerprint density at radius 3 is 2.19 bits per heavy atom. The Labute approximate surface area is 130 Å². The summed E-state index contributed by atoms with van der Waals surface area (Å²) in [5, 5.41) is 0. The fourth-order valence-electron chi connectivity index (χ4n) is 2.34. The van der Waals surface area contributed by atoms with Crippen molar-refractivity contribution in [1.82, 2.24) is 0 Å². The normalized spacial score (nSPS) is 25.3. The lowest BCUT2D eigenvalue weighted by atomic mass is 10.2. The third-order valence-corrected chi connectivity index (χ3v) is 6.73. The largest absolute Gasteiger partial charge is 0.500 e. The van der Waals surface area contributed by atoms with Crippen LogP contribution in [0.3, 0.4) is 0 Å². The Morgan fingerprint density at radius 1 is 1.05 bits per heavy atom. The minimum absolute atomic E-state index is 0.0737. The van der Waals surface area contributed by atoms with Crippen LogP contribution in [0.15, 0.2) is 0 Å². The maximum absolute atomic E-state index is 6.05. The maximum atomic E-state index is 6.05. The summed E-state index contributed by atoms with van der Waals surface area (Å²) >= 11 is 0. The molecule has 21 heavy (non-hydrogen) atoms. The second-order valence-corrected chi connectivity index (χ2v) is 8.58. The van der Waals surface area contributed by atoms with Gasteiger partial charge < -0.3 is 22.8 Å². The van der Waals surface area contributed by atoms with E-state index in [0.29, 0.717) is 13.2 Å². The van der Waals surface area contributed by atoms with Gasteiger partial charge in [-0.2, -0.15) is 0 Å². The van der Waals surface area contributed by atoms with Crippen LogP contribution >= 0.6 is 0 Å². The van der Waals surface area contributed by atoms with Crippen LogP contribution in [-0.4, -0.2) is 48.1 Å². The molecule has 1 saturated heterocycles. The molecule has 0 aromatic heterocycles. The first kappa shape index (κ1) is 19.1. The molecule has 0 aromatic rings. The lowest BCUT2D eigenvalue weighted by Gasteiger charge is -2.28. The minimum atomic E-state index is -2.59. The fraction of sp³-hybridized carbons (Fsp3) is 1.00. The minimum Gasteiger partial charge on any atom is -0.377 e. The van der Waals surface area contributed by atoms with Gasteiger partial charge in [0.05, 0.1) is 6.61 Å². The Bertz CT molecular complexity index is 285. The van der Waals surface area contributed by atoms with Gasteiger partial charge in [-0.25, -0.2) is 0 Å². The van der Waals surface area contributed by atoms with Crippen molar-refractivity contribution in [3.05, 3.63) is 0 Å². The summed E-state index contributed by atoms with van der Waals surface area (Å²) in [4.78, 5) is 0. The summed E-state index contributed by atoms with van der Waals surface area (Å²) < 4.78 is 28.7. The average molecular weight is 321 g/mol. The van der Waals surface area contributed by atoms with E-state index in [1.54, 1.807) is 14.2 Å². The van der Waals surface area contributed by atoms with Gasteiger partial charge in [0.1, 0.15) is 6.10 Å². The van der Waals surface area contributed by atoms with Crippen LogP contribution in [0.25, 0.3) is 0 Å². The van der Waals surface area contributed by atoms with Crippen molar-refractivity contribution in [1.29, 1.82) is 0 Å². The summed E-state index contributed by atoms with van der Waals surface area (Å²) in [6.07, 6.45) is 5.75. The van der Waals surface area contributed by atoms with Crippen LogP contribution in [0.1, 0.15) is 52.9 Å². The van der Waals surface area contributed by atoms with E-state index in [2.05, 4.69) is 13.8 Å². The summed E-state index contributed by atoms with van der Waals surface area (Å²) in [7, 11) is 0.754. The van der Waals surface area contributed by atoms with Gasteiger partial charge in [-0.3, -0.25) is 0 Å². The van der Waals surface area contributed by atoms with Gasteiger partial charge >= 0.3 is 8.80 Å². The van der Waals surface area contributed by atoms with E-state index in [4.69, 9.17) is 22.8 Å². The van der Waals surface area contributed by atoms with Crippen LogP contribution in [-0.2, 0) is 22.8 Å². The molecule has 0 spiro atoms. The van der Waals surface area contributed by atoms with Crippen LogP contribution in [0.5, 0.6) is 0 Å². The molecule has 0 aromatic carbocycles. The van der Waals surface area contributed by atoms with Gasteiger partial charge in [0.15, 0.2) is 0 Å². The molecule has 2 atom stereocenters. The monoisotopic (exact) mass is 320 g/mol. The predicted molar refractivity (Wildman–Crippen MR) is 84.2 cm³/mol. The fourth-order valence-corrected chi connectivity index (χ4v) is 4.40. The zero-order valence-electron chi connectivity index (χ0n) is 14.3. The first-order valence-electron chi connectivity index (χ1n) is 8.14. The van der Waals surface area contributed by atoms with Gasteiger partial charge in [-0.1, -0.05) is 33.1 Å². The molecule has 0 aliphatic carbocycles. The Morgan fingerprint density at radius 2 is 1.71 bits per heavy atom. The standard InChI is InChI=1S/C15H32O5Si/c1-6-8-9-10-12-21(16-4,17-5)19-13-15(14(3)20-15)18-11-7-2/h14H,6-13H2,1-5H3. The highest BCUT2D eigenvalue weighted by atomic mass is 28.4. The average Bonchev–Trinajstić information content (AvgIpc) is 3.15. The van der Waals surface area contributed by atoms with Crippen molar-refractivity contribution in [3.8, 4) is 0 Å². The van der Waals surface area contributed by atoms with Gasteiger partial charge in [0.25, 0.3) is 0 Å². The summed E-state index contributed by atoms with van der Waals surface area (Å²) in [6, 6.07) is 0.845. The molecule has 1 aliphatic rings. The highest BCUT2D eigenvalue weighted by molar-refractivity contribution is 6.60. The molecule has 1 heterocycles. The van der Waals surface area contributed by atoms with E-state index >= 15 is 0 Å². The van der Waals surface area contributed by atoms with Crippen LogP contribution in [0, 0.1) is 0 Å². The molecule has 126 valence electrons. The molecule has 0 N–H and O–H groups in total. The van der Waals surface area contributed by atoms with E-state index in [1.807, 2.05) is 6.92 Å². The Balaban J connectivity index is 2.45. The third-order valence-electron chi connectivity index (χ3n) is 3.94. The van der Waals surface area contributed by atoms with Crippen molar-refractivity contribution in [2.24, 2.45) is 0 Å². The number of hydrogen-bond acceptors (Lipinski definition) is 5. The molecule has 1 aliphatic heterocycles. The van der Waals surface area contributed by atoms with Crippen LogP contribution < -0.4 is 0 Å². The second-order valence-electron chi connectivity index (χ2n) is 5.61. The van der Waals surface area contributed by atoms with Gasteiger partial charge in [0.2, 0.25) is 5.79 Å². The summed E-state index contributed by atoms with van der Waals surface area (Å²) in [5.74, 6) is -0.589. The quantitative estimate of drug-likeness (QED) is 0.296. The van der Waals surface area contributed by atoms with E-state index in [1.165, 1.54) is 19.3 Å². The van der Waals surface area contributed by atoms with Gasteiger partial charge in [-0.15, -0.1) is 0 Å². The highest BCUT2D eigenvalue weighted by Gasteiger charge is 2.57. The Hall–Kier alpha value is 0.0169. The predicted octanol–water partition coefficient (Wildman–Crippen LogP) is 3.36. The number of unbranched alkanes of at least 4 members (excludes halogenated alkanes) is 3. The molecule has 6 heteroatoms. The van der Waals surface area contributed by atoms with Crippen molar-refractivity contribution in [3.63, 3.8) is 0 Å². The van der Waals surface area contributed by atoms with Crippen molar-refractivity contribution < 1.29 is 22.8 Å².